The van der Waals surface area contributed by atoms with Crippen LogP contribution in [0.4, 0.5) is 0 Å². The Morgan fingerprint density at radius 2 is 1.95 bits per heavy atom. The minimum atomic E-state index is -0.196. The summed E-state index contributed by atoms with van der Waals surface area (Å²) in [4.78, 5) is 0. The molecule has 4 nitrogen and oxygen atoms in total. The second-order valence-corrected chi connectivity index (χ2v) is 5.34. The Balaban J connectivity index is 2.26. The highest BCUT2D eigenvalue weighted by Gasteiger charge is 2.14. The van der Waals surface area contributed by atoms with E-state index in [2.05, 4.69) is 10.2 Å². The minimum Gasteiger partial charge on any atom is -0.483 e. The normalized spacial score (nSPS) is 12.5. The summed E-state index contributed by atoms with van der Waals surface area (Å²) >= 11 is 11.2. The molecule has 0 unspecified atom stereocenters. The molecule has 0 aliphatic rings. The molecule has 1 heterocycles. The first-order valence-corrected chi connectivity index (χ1v) is 6.73. The van der Waals surface area contributed by atoms with Gasteiger partial charge in [-0.15, -0.1) is 0 Å². The van der Waals surface area contributed by atoms with E-state index in [0.717, 1.165) is 27.7 Å². The van der Waals surface area contributed by atoms with Gasteiger partial charge in [-0.1, -0.05) is 11.6 Å². The zero-order valence-electron chi connectivity index (χ0n) is 11.3. The molecule has 0 saturated carbocycles. The predicted molar refractivity (Wildman–Crippen MR) is 78.4 cm³/mol. The molecule has 0 aliphatic carbocycles. The van der Waals surface area contributed by atoms with Crippen LogP contribution in [0.15, 0.2) is 12.1 Å². The van der Waals surface area contributed by atoms with Crippen LogP contribution in [0.1, 0.15) is 30.0 Å². The summed E-state index contributed by atoms with van der Waals surface area (Å²) in [5, 5.41) is 7.69. The number of aromatic amines is 1. The Hall–Kier alpha value is -1.33. The minimum absolute atomic E-state index is 0.196. The van der Waals surface area contributed by atoms with Crippen LogP contribution >= 0.6 is 23.8 Å². The van der Waals surface area contributed by atoms with Gasteiger partial charge in [-0.25, -0.2) is 0 Å². The van der Waals surface area contributed by atoms with Crippen molar-refractivity contribution in [2.45, 2.75) is 26.9 Å². The number of benzene rings is 1. The summed E-state index contributed by atoms with van der Waals surface area (Å²) in [6.45, 7) is 5.86. The van der Waals surface area contributed by atoms with Crippen LogP contribution in [0, 0.1) is 18.6 Å². The molecule has 0 saturated heterocycles. The number of nitrogens with one attached hydrogen (secondary N) is 1. The molecule has 2 rings (SSSR count). The number of hydrogen-bond acceptors (Lipinski definition) is 3. The first kappa shape index (κ1) is 14.1. The van der Waals surface area contributed by atoms with Crippen LogP contribution in [0.25, 0.3) is 0 Å². The van der Waals surface area contributed by atoms with Gasteiger partial charge in [0.05, 0.1) is 0 Å². The zero-order valence-corrected chi connectivity index (χ0v) is 12.9. The molecule has 1 N–H and O–H groups in total. The van der Waals surface area contributed by atoms with Crippen LogP contribution in [0.5, 0.6) is 5.75 Å². The molecule has 1 aromatic carbocycles. The van der Waals surface area contributed by atoms with Crippen LogP contribution in [-0.2, 0) is 7.05 Å². The summed E-state index contributed by atoms with van der Waals surface area (Å²) in [5.41, 5.74) is 2.00. The quantitative estimate of drug-likeness (QED) is 0.874. The lowest BCUT2D eigenvalue weighted by Crippen LogP contribution is -2.10. The highest BCUT2D eigenvalue weighted by atomic mass is 35.5. The van der Waals surface area contributed by atoms with Gasteiger partial charge in [0.15, 0.2) is 16.7 Å². The van der Waals surface area contributed by atoms with Crippen molar-refractivity contribution in [2.75, 3.05) is 0 Å². The summed E-state index contributed by atoms with van der Waals surface area (Å²) in [6.07, 6.45) is -0.196. The lowest BCUT2D eigenvalue weighted by Gasteiger charge is -2.15. The van der Waals surface area contributed by atoms with E-state index in [0.29, 0.717) is 4.77 Å². The van der Waals surface area contributed by atoms with Crippen molar-refractivity contribution < 1.29 is 4.74 Å². The molecule has 0 fully saturated rings. The standard InChI is InChI=1S/C13H16ClN3OS/c1-7-5-10(6-8(2)11(7)14)18-9(3)12-15-16-13(19)17(12)4/h5-6,9H,1-4H3,(H,16,19)/t9-/m1/s1. The van der Waals surface area contributed by atoms with Gasteiger partial charge in [0.1, 0.15) is 5.75 Å². The van der Waals surface area contributed by atoms with E-state index < -0.39 is 0 Å². The summed E-state index contributed by atoms with van der Waals surface area (Å²) in [5.74, 6) is 1.54. The second-order valence-electron chi connectivity index (χ2n) is 4.58. The van der Waals surface area contributed by atoms with Gasteiger partial charge in [0, 0.05) is 12.1 Å². The van der Waals surface area contributed by atoms with E-state index in [4.69, 9.17) is 28.6 Å². The van der Waals surface area contributed by atoms with Gasteiger partial charge in [-0.05, 0) is 56.2 Å². The molecular weight excluding hydrogens is 282 g/mol. The second kappa shape index (κ2) is 5.35. The van der Waals surface area contributed by atoms with E-state index in [1.165, 1.54) is 0 Å². The number of aryl methyl sites for hydroxylation is 2. The Bertz CT molecular complexity index is 639. The van der Waals surface area contributed by atoms with E-state index in [1.807, 2.05) is 40.0 Å². The smallest absolute Gasteiger partial charge is 0.195 e. The largest absolute Gasteiger partial charge is 0.483 e. The molecule has 1 atom stereocenters. The lowest BCUT2D eigenvalue weighted by atomic mass is 10.1. The Labute approximate surface area is 122 Å². The van der Waals surface area contributed by atoms with E-state index in [1.54, 1.807) is 4.57 Å². The van der Waals surface area contributed by atoms with Gasteiger partial charge in [-0.2, -0.15) is 5.10 Å². The summed E-state index contributed by atoms with van der Waals surface area (Å²) in [6, 6.07) is 3.85. The van der Waals surface area contributed by atoms with Crippen molar-refractivity contribution in [2.24, 2.45) is 7.05 Å². The molecule has 6 heteroatoms. The molecule has 0 spiro atoms. The first-order chi connectivity index (χ1) is 8.90. The van der Waals surface area contributed by atoms with E-state index >= 15 is 0 Å². The lowest BCUT2D eigenvalue weighted by molar-refractivity contribution is 0.212. The van der Waals surface area contributed by atoms with Gasteiger partial charge in [-0.3, -0.25) is 5.10 Å². The van der Waals surface area contributed by atoms with Crippen molar-refractivity contribution in [3.05, 3.63) is 38.9 Å². The maximum absolute atomic E-state index is 6.14. The number of H-pyrrole nitrogens is 1. The number of halogens is 1. The van der Waals surface area contributed by atoms with Gasteiger partial charge in [0.2, 0.25) is 0 Å². The van der Waals surface area contributed by atoms with Crippen molar-refractivity contribution in [1.82, 2.24) is 14.8 Å². The molecule has 0 bridgehead atoms. The Kier molecular flexibility index (Phi) is 3.96. The van der Waals surface area contributed by atoms with Gasteiger partial charge >= 0.3 is 0 Å². The van der Waals surface area contributed by atoms with Crippen LogP contribution in [-0.4, -0.2) is 14.8 Å². The molecule has 1 aromatic heterocycles. The Morgan fingerprint density at radius 3 is 2.42 bits per heavy atom. The maximum atomic E-state index is 6.14. The fourth-order valence-electron chi connectivity index (χ4n) is 1.95. The third-order valence-electron chi connectivity index (χ3n) is 3.00. The molecular formula is C13H16ClN3OS. The molecule has 0 aliphatic heterocycles. The molecule has 2 aromatic rings. The average Bonchev–Trinajstić information content (AvgIpc) is 2.67. The SMILES string of the molecule is Cc1cc(O[C@H](C)c2n[nH]c(=S)n2C)cc(C)c1Cl. The number of rotatable bonds is 3. The van der Waals surface area contributed by atoms with Crippen LogP contribution in [0.2, 0.25) is 5.02 Å². The number of aromatic nitrogens is 3. The third-order valence-corrected chi connectivity index (χ3v) is 3.96. The van der Waals surface area contributed by atoms with Crippen LogP contribution in [0.3, 0.4) is 0 Å². The fourth-order valence-corrected chi connectivity index (χ4v) is 2.20. The van der Waals surface area contributed by atoms with Crippen molar-refractivity contribution in [1.29, 1.82) is 0 Å². The molecule has 102 valence electrons. The molecule has 0 radical (unpaired) electrons. The maximum Gasteiger partial charge on any atom is 0.195 e. The highest BCUT2D eigenvalue weighted by molar-refractivity contribution is 7.71. The van der Waals surface area contributed by atoms with Crippen molar-refractivity contribution >= 4 is 23.8 Å². The number of ether oxygens (including phenoxy) is 1. The van der Waals surface area contributed by atoms with Crippen molar-refractivity contribution in [3.8, 4) is 5.75 Å². The van der Waals surface area contributed by atoms with Crippen molar-refractivity contribution in [3.63, 3.8) is 0 Å². The van der Waals surface area contributed by atoms with Crippen LogP contribution < -0.4 is 4.74 Å². The third kappa shape index (κ3) is 2.82. The number of nitrogens with zero attached hydrogens (tertiary/aromatic N) is 2. The highest BCUT2D eigenvalue weighted by Crippen LogP contribution is 2.28. The monoisotopic (exact) mass is 297 g/mol. The Morgan fingerprint density at radius 1 is 1.37 bits per heavy atom. The van der Waals surface area contributed by atoms with E-state index in [-0.39, 0.29) is 6.10 Å². The topological polar surface area (TPSA) is 42.8 Å². The molecule has 19 heavy (non-hydrogen) atoms. The van der Waals surface area contributed by atoms with Gasteiger partial charge < -0.3 is 9.30 Å². The molecule has 0 amide bonds. The van der Waals surface area contributed by atoms with E-state index in [9.17, 15) is 0 Å². The number of hydrogen-bond donors (Lipinski definition) is 1. The fraction of sp³-hybridized carbons (Fsp3) is 0.385. The summed E-state index contributed by atoms with van der Waals surface area (Å²) in [7, 11) is 1.86. The zero-order chi connectivity index (χ0) is 14.2. The summed E-state index contributed by atoms with van der Waals surface area (Å²) < 4.78 is 8.28. The van der Waals surface area contributed by atoms with Gasteiger partial charge in [0.25, 0.3) is 0 Å². The first-order valence-electron chi connectivity index (χ1n) is 5.95. The predicted octanol–water partition coefficient (Wildman–Crippen LogP) is 3.89. The average molecular weight is 298 g/mol.